The zero-order valence-corrected chi connectivity index (χ0v) is 12.4. The molecule has 2 aromatic rings. The van der Waals surface area contributed by atoms with Crippen molar-refractivity contribution in [3.05, 3.63) is 69.6 Å². The van der Waals surface area contributed by atoms with Crippen LogP contribution >= 0.6 is 0 Å². The van der Waals surface area contributed by atoms with Gasteiger partial charge in [0.05, 0.1) is 0 Å². The Bertz CT molecular complexity index is 608. The highest BCUT2D eigenvalue weighted by Gasteiger charge is 2.16. The molecule has 0 saturated carbocycles. The van der Waals surface area contributed by atoms with Crippen LogP contribution in [-0.2, 0) is 19.5 Å². The van der Waals surface area contributed by atoms with E-state index in [9.17, 15) is 4.79 Å². The molecule has 0 spiro atoms. The van der Waals surface area contributed by atoms with Gasteiger partial charge in [-0.05, 0) is 24.5 Å². The number of aliphatic hydroxyl groups excluding tert-OH is 1. The minimum absolute atomic E-state index is 0.00434. The molecule has 4 heteroatoms. The van der Waals surface area contributed by atoms with E-state index in [1.165, 1.54) is 11.1 Å². The number of fused-ring (bicyclic) bond motifs is 1. The first-order valence-electron chi connectivity index (χ1n) is 7.31. The monoisotopic (exact) mass is 286 g/mol. The number of benzene rings is 1. The molecule has 0 amide bonds. The second-order valence-electron chi connectivity index (χ2n) is 5.09. The van der Waals surface area contributed by atoms with Crippen LogP contribution in [0.15, 0.2) is 47.3 Å². The van der Waals surface area contributed by atoms with Crippen molar-refractivity contribution in [2.45, 2.75) is 26.4 Å². The summed E-state index contributed by atoms with van der Waals surface area (Å²) in [5, 5.41) is 7.57. The van der Waals surface area contributed by atoms with E-state index in [4.69, 9.17) is 5.11 Å². The number of hydrogen-bond donors (Lipinski definition) is 2. The predicted octanol–water partition coefficient (Wildman–Crippen LogP) is 1.93. The molecule has 3 rings (SSSR count). The molecule has 21 heavy (non-hydrogen) atoms. The smallest absolute Gasteiger partial charge is 0.248 e. The number of H-pyrrole nitrogens is 1. The zero-order chi connectivity index (χ0) is 15.1. The number of hydrogen-bond acceptors (Lipinski definition) is 3. The Hall–Kier alpha value is -1.91. The van der Waals surface area contributed by atoms with E-state index in [1.807, 2.05) is 12.1 Å². The molecule has 0 saturated heterocycles. The van der Waals surface area contributed by atoms with Crippen molar-refractivity contribution in [3.63, 3.8) is 0 Å². The van der Waals surface area contributed by atoms with Crippen LogP contribution < -0.4 is 5.56 Å². The van der Waals surface area contributed by atoms with Crippen LogP contribution in [0.3, 0.4) is 0 Å². The van der Waals surface area contributed by atoms with Gasteiger partial charge in [-0.1, -0.05) is 36.4 Å². The van der Waals surface area contributed by atoms with Crippen LogP contribution in [0.2, 0.25) is 0 Å². The van der Waals surface area contributed by atoms with Crippen molar-refractivity contribution >= 4 is 0 Å². The third kappa shape index (κ3) is 4.55. The Morgan fingerprint density at radius 3 is 2.62 bits per heavy atom. The van der Waals surface area contributed by atoms with Gasteiger partial charge < -0.3 is 10.1 Å². The summed E-state index contributed by atoms with van der Waals surface area (Å²) in [6, 6.07) is 14.0. The Morgan fingerprint density at radius 1 is 1.19 bits per heavy atom. The molecule has 0 atom stereocenters. The van der Waals surface area contributed by atoms with Crippen LogP contribution in [-0.4, -0.2) is 28.1 Å². The van der Waals surface area contributed by atoms with Crippen molar-refractivity contribution in [1.29, 1.82) is 0 Å². The Kier molecular flexibility index (Phi) is 5.72. The van der Waals surface area contributed by atoms with Crippen LogP contribution in [0.5, 0.6) is 0 Å². The Labute approximate surface area is 125 Å². The van der Waals surface area contributed by atoms with Gasteiger partial charge in [-0.15, -0.1) is 0 Å². The summed E-state index contributed by atoms with van der Waals surface area (Å²) in [6.07, 6.45) is 1.01. The number of rotatable bonds is 2. The normalized spacial score (nSPS) is 14.0. The van der Waals surface area contributed by atoms with Gasteiger partial charge in [-0.2, -0.15) is 0 Å². The Morgan fingerprint density at radius 2 is 1.90 bits per heavy atom. The molecule has 0 radical (unpaired) electrons. The fraction of sp³-hybridized carbons (Fsp3) is 0.353. The number of aromatic nitrogens is 1. The number of pyridine rings is 1. The third-order valence-corrected chi connectivity index (χ3v) is 3.43. The van der Waals surface area contributed by atoms with Crippen LogP contribution in [0, 0.1) is 0 Å². The molecule has 2 N–H and O–H groups in total. The molecule has 0 fully saturated rings. The largest absolute Gasteiger partial charge is 0.397 e. The van der Waals surface area contributed by atoms with Gasteiger partial charge in [0.2, 0.25) is 5.56 Å². The predicted molar refractivity (Wildman–Crippen MR) is 84.1 cm³/mol. The number of nitrogens with zero attached hydrogens (tertiary/aromatic N) is 1. The van der Waals surface area contributed by atoms with Crippen LogP contribution in [0.1, 0.15) is 23.7 Å². The molecule has 0 unspecified atom stereocenters. The van der Waals surface area contributed by atoms with Crippen LogP contribution in [0.4, 0.5) is 0 Å². The van der Waals surface area contributed by atoms with E-state index in [0.717, 1.165) is 31.7 Å². The minimum atomic E-state index is -0.00434. The summed E-state index contributed by atoms with van der Waals surface area (Å²) in [7, 11) is 0. The van der Waals surface area contributed by atoms with E-state index in [-0.39, 0.29) is 12.2 Å². The summed E-state index contributed by atoms with van der Waals surface area (Å²) in [5.74, 6) is 0. The van der Waals surface area contributed by atoms with Gasteiger partial charge in [0.15, 0.2) is 0 Å². The maximum atomic E-state index is 11.3. The molecule has 1 aliphatic rings. The van der Waals surface area contributed by atoms with E-state index in [1.54, 1.807) is 13.0 Å². The first kappa shape index (κ1) is 15.5. The molecule has 1 aliphatic heterocycles. The fourth-order valence-electron chi connectivity index (χ4n) is 2.48. The highest BCUT2D eigenvalue weighted by molar-refractivity contribution is 5.23. The highest BCUT2D eigenvalue weighted by atomic mass is 16.2. The average Bonchev–Trinajstić information content (AvgIpc) is 2.49. The summed E-state index contributed by atoms with van der Waals surface area (Å²) in [5.41, 5.74) is 3.66. The molecule has 2 heterocycles. The van der Waals surface area contributed by atoms with Gasteiger partial charge in [-0.25, -0.2) is 0 Å². The molecule has 4 nitrogen and oxygen atoms in total. The SMILES string of the molecule is CCO.O=c1ccc2c([nH]1)CN(Cc1ccccc1)CC2. The lowest BCUT2D eigenvalue weighted by Crippen LogP contribution is -2.32. The third-order valence-electron chi connectivity index (χ3n) is 3.43. The second-order valence-corrected chi connectivity index (χ2v) is 5.09. The lowest BCUT2D eigenvalue weighted by molar-refractivity contribution is 0.241. The first-order valence-corrected chi connectivity index (χ1v) is 7.31. The summed E-state index contributed by atoms with van der Waals surface area (Å²) < 4.78 is 0. The van der Waals surface area contributed by atoms with Gasteiger partial charge in [0, 0.05) is 38.0 Å². The molecule has 0 aliphatic carbocycles. The molecule has 1 aromatic carbocycles. The lowest BCUT2D eigenvalue weighted by Gasteiger charge is -2.28. The van der Waals surface area contributed by atoms with Gasteiger partial charge in [-0.3, -0.25) is 9.69 Å². The number of aliphatic hydroxyl groups is 1. The average molecular weight is 286 g/mol. The number of nitrogens with one attached hydrogen (secondary N) is 1. The second kappa shape index (κ2) is 7.76. The van der Waals surface area contributed by atoms with Crippen molar-refractivity contribution in [2.24, 2.45) is 0 Å². The first-order chi connectivity index (χ1) is 10.2. The molecular formula is C17H22N2O2. The van der Waals surface area contributed by atoms with Gasteiger partial charge in [0.25, 0.3) is 0 Å². The number of aromatic amines is 1. The maximum absolute atomic E-state index is 11.3. The Balaban J connectivity index is 0.000000497. The van der Waals surface area contributed by atoms with Crippen molar-refractivity contribution in [3.8, 4) is 0 Å². The summed E-state index contributed by atoms with van der Waals surface area (Å²) >= 11 is 0. The van der Waals surface area contributed by atoms with Gasteiger partial charge in [0.1, 0.15) is 0 Å². The highest BCUT2D eigenvalue weighted by Crippen LogP contribution is 2.17. The van der Waals surface area contributed by atoms with Crippen molar-refractivity contribution in [2.75, 3.05) is 13.2 Å². The van der Waals surface area contributed by atoms with E-state index < -0.39 is 0 Å². The quantitative estimate of drug-likeness (QED) is 0.887. The molecule has 1 aromatic heterocycles. The lowest BCUT2D eigenvalue weighted by atomic mass is 10.0. The maximum Gasteiger partial charge on any atom is 0.248 e. The van der Waals surface area contributed by atoms with E-state index in [2.05, 4.69) is 34.1 Å². The standard InChI is InChI=1S/C15H16N2O.C2H6O/c18-15-7-6-13-8-9-17(11-14(13)16-15)10-12-4-2-1-3-5-12;1-2-3/h1-7H,8-11H2,(H,16,18);3H,2H2,1H3. The minimum Gasteiger partial charge on any atom is -0.397 e. The summed E-state index contributed by atoms with van der Waals surface area (Å²) in [6.45, 7) is 4.76. The van der Waals surface area contributed by atoms with Gasteiger partial charge >= 0.3 is 0 Å². The molecule has 112 valence electrons. The van der Waals surface area contributed by atoms with Crippen molar-refractivity contribution in [1.82, 2.24) is 9.88 Å². The van der Waals surface area contributed by atoms with Crippen molar-refractivity contribution < 1.29 is 5.11 Å². The zero-order valence-electron chi connectivity index (χ0n) is 12.4. The van der Waals surface area contributed by atoms with Crippen LogP contribution in [0.25, 0.3) is 0 Å². The molecule has 0 bridgehead atoms. The fourth-order valence-corrected chi connectivity index (χ4v) is 2.48. The van der Waals surface area contributed by atoms with E-state index in [0.29, 0.717) is 0 Å². The summed E-state index contributed by atoms with van der Waals surface area (Å²) in [4.78, 5) is 16.6. The molecular weight excluding hydrogens is 264 g/mol. The topological polar surface area (TPSA) is 56.3 Å². The van der Waals surface area contributed by atoms with E-state index >= 15 is 0 Å².